The molecule has 1 N–H and O–H groups in total. The van der Waals surface area contributed by atoms with E-state index in [0.717, 1.165) is 44.9 Å². The molecule has 0 radical (unpaired) electrons. The quantitative estimate of drug-likeness (QED) is 0.256. The van der Waals surface area contributed by atoms with Crippen molar-refractivity contribution in [2.75, 3.05) is 0 Å². The molecule has 0 unspecified atom stereocenters. The third-order valence-corrected chi connectivity index (χ3v) is 4.20. The van der Waals surface area contributed by atoms with E-state index in [-0.39, 0.29) is 5.78 Å². The maximum atomic E-state index is 11.7. The number of aliphatic hydroxyl groups is 1. The van der Waals surface area contributed by atoms with Crippen LogP contribution in [0.15, 0.2) is 72.9 Å². The van der Waals surface area contributed by atoms with Crippen LogP contribution in [0.25, 0.3) is 0 Å². The molecule has 162 valence electrons. The lowest BCUT2D eigenvalue weighted by atomic mass is 9.99. The topological polar surface area (TPSA) is 37.3 Å². The molecule has 2 nitrogen and oxygen atoms in total. The van der Waals surface area contributed by atoms with Gasteiger partial charge in [0.15, 0.2) is 0 Å². The number of ketones is 1. The van der Waals surface area contributed by atoms with Crippen LogP contribution in [-0.2, 0) is 4.79 Å². The molecule has 0 aromatic carbocycles. The Morgan fingerprint density at radius 2 is 1.03 bits per heavy atom. The van der Waals surface area contributed by atoms with E-state index in [1.54, 1.807) is 13.8 Å². The molecule has 0 aromatic heterocycles. The van der Waals surface area contributed by atoms with Crippen LogP contribution in [0.1, 0.15) is 85.0 Å². The highest BCUT2D eigenvalue weighted by molar-refractivity contribution is 5.78. The smallest absolute Gasteiger partial charge is 0.133 e. The summed E-state index contributed by atoms with van der Waals surface area (Å²) < 4.78 is 0. The van der Waals surface area contributed by atoms with Crippen LogP contribution >= 0.6 is 0 Å². The highest BCUT2D eigenvalue weighted by atomic mass is 16.3. The molecule has 0 fully saturated rings. The van der Waals surface area contributed by atoms with E-state index >= 15 is 0 Å². The molecule has 0 heterocycles. The summed E-state index contributed by atoms with van der Waals surface area (Å²) in [5, 5.41) is 9.61. The molecule has 0 aromatic rings. The van der Waals surface area contributed by atoms with Gasteiger partial charge < -0.3 is 5.11 Å². The molecule has 29 heavy (non-hydrogen) atoms. The Labute approximate surface area is 179 Å². The largest absolute Gasteiger partial charge is 0.390 e. The standard InChI is InChI=1S/C27H42O2/c1-4-5-6-7-8-9-10-11-12-13-14-15-16-17-18-19-20-21-22-23-26(28)24-25-27(2,3)29/h5-6,8-9,11-12,14-15,17-18,20-21,29H,4,7,10,13,16,19,22-25H2,1-3H3/b6-5-,9-8-,12-11-,15-14-,18-17-,21-20-. The molecule has 0 saturated heterocycles. The number of allylic oxidation sites excluding steroid dienone is 12. The summed E-state index contributed by atoms with van der Waals surface area (Å²) in [5.41, 5.74) is -0.746. The molecule has 0 saturated carbocycles. The average molecular weight is 399 g/mol. The first kappa shape index (κ1) is 27.1. The minimum Gasteiger partial charge on any atom is -0.390 e. The van der Waals surface area contributed by atoms with Crippen molar-refractivity contribution in [1.29, 1.82) is 0 Å². The zero-order valence-electron chi connectivity index (χ0n) is 18.9. The lowest BCUT2D eigenvalue weighted by molar-refractivity contribution is -0.120. The van der Waals surface area contributed by atoms with Gasteiger partial charge in [0.25, 0.3) is 0 Å². The summed E-state index contributed by atoms with van der Waals surface area (Å²) in [6, 6.07) is 0. The van der Waals surface area contributed by atoms with Gasteiger partial charge in [-0.1, -0.05) is 79.8 Å². The monoisotopic (exact) mass is 398 g/mol. The highest BCUT2D eigenvalue weighted by Gasteiger charge is 2.14. The van der Waals surface area contributed by atoms with Gasteiger partial charge in [-0.2, -0.15) is 0 Å². The van der Waals surface area contributed by atoms with Crippen LogP contribution in [0.4, 0.5) is 0 Å². The lowest BCUT2D eigenvalue weighted by Crippen LogP contribution is -2.19. The first-order valence-corrected chi connectivity index (χ1v) is 11.1. The van der Waals surface area contributed by atoms with E-state index in [9.17, 15) is 9.90 Å². The van der Waals surface area contributed by atoms with Gasteiger partial charge in [-0.15, -0.1) is 0 Å². The molecule has 0 aliphatic heterocycles. The third-order valence-electron chi connectivity index (χ3n) is 4.20. The predicted molar refractivity (Wildman–Crippen MR) is 128 cm³/mol. The molecule has 0 spiro atoms. The Morgan fingerprint density at radius 3 is 1.41 bits per heavy atom. The van der Waals surface area contributed by atoms with Crippen molar-refractivity contribution in [2.45, 2.75) is 90.6 Å². The van der Waals surface area contributed by atoms with E-state index in [1.807, 2.05) is 0 Å². The number of hydrogen-bond acceptors (Lipinski definition) is 2. The van der Waals surface area contributed by atoms with Crippen molar-refractivity contribution in [1.82, 2.24) is 0 Å². The first-order chi connectivity index (χ1) is 14.0. The predicted octanol–water partition coefficient (Wildman–Crippen LogP) is 7.58. The van der Waals surface area contributed by atoms with Crippen molar-refractivity contribution >= 4 is 5.78 Å². The summed E-state index contributed by atoms with van der Waals surface area (Å²) in [6.45, 7) is 5.63. The van der Waals surface area contributed by atoms with Crippen LogP contribution < -0.4 is 0 Å². The van der Waals surface area contributed by atoms with Crippen molar-refractivity contribution in [3.05, 3.63) is 72.9 Å². The fraction of sp³-hybridized carbons (Fsp3) is 0.519. The van der Waals surface area contributed by atoms with E-state index in [2.05, 4.69) is 79.8 Å². The van der Waals surface area contributed by atoms with E-state index in [4.69, 9.17) is 0 Å². The van der Waals surface area contributed by atoms with Gasteiger partial charge in [0.2, 0.25) is 0 Å². The first-order valence-electron chi connectivity index (χ1n) is 11.1. The van der Waals surface area contributed by atoms with Gasteiger partial charge in [0.1, 0.15) is 5.78 Å². The van der Waals surface area contributed by atoms with Gasteiger partial charge in [-0.25, -0.2) is 0 Å². The van der Waals surface area contributed by atoms with Crippen LogP contribution in [0, 0.1) is 0 Å². The van der Waals surface area contributed by atoms with E-state index < -0.39 is 5.60 Å². The fourth-order valence-electron chi connectivity index (χ4n) is 2.45. The van der Waals surface area contributed by atoms with Gasteiger partial charge in [0.05, 0.1) is 5.60 Å². The molecule has 0 aliphatic carbocycles. The summed E-state index contributed by atoms with van der Waals surface area (Å²) in [6.07, 6.45) is 34.5. The van der Waals surface area contributed by atoms with Gasteiger partial charge in [-0.05, 0) is 65.2 Å². The SMILES string of the molecule is CC/C=C\C/C=C\C/C=C\C/C=C\C/C=C\C/C=C\CCC(=O)CCC(C)(C)O. The molecule has 2 heteroatoms. The highest BCUT2D eigenvalue weighted by Crippen LogP contribution is 2.12. The lowest BCUT2D eigenvalue weighted by Gasteiger charge is -2.15. The fourth-order valence-corrected chi connectivity index (χ4v) is 2.45. The number of carbonyl (C=O) groups is 1. The molecule has 0 bridgehead atoms. The molecule has 0 amide bonds. The van der Waals surface area contributed by atoms with Gasteiger partial charge in [-0.3, -0.25) is 4.79 Å². The number of hydrogen-bond donors (Lipinski definition) is 1. The third kappa shape index (κ3) is 24.0. The number of carbonyl (C=O) groups excluding carboxylic acids is 1. The zero-order chi connectivity index (χ0) is 21.6. The second-order valence-electron chi connectivity index (χ2n) is 7.80. The van der Waals surface area contributed by atoms with Gasteiger partial charge >= 0.3 is 0 Å². The maximum Gasteiger partial charge on any atom is 0.133 e. The molecule has 0 atom stereocenters. The second kappa shape index (κ2) is 19.4. The van der Waals surface area contributed by atoms with Crippen LogP contribution in [0.3, 0.4) is 0 Å². The number of rotatable bonds is 17. The summed E-state index contributed by atoms with van der Waals surface area (Å²) in [7, 11) is 0. The Kier molecular flexibility index (Phi) is 18.1. The van der Waals surface area contributed by atoms with Crippen molar-refractivity contribution in [3.63, 3.8) is 0 Å². The van der Waals surface area contributed by atoms with E-state index in [0.29, 0.717) is 19.3 Å². The molecular weight excluding hydrogens is 356 g/mol. The average Bonchev–Trinajstić information content (AvgIpc) is 2.67. The summed E-state index contributed by atoms with van der Waals surface area (Å²) in [4.78, 5) is 11.7. The van der Waals surface area contributed by atoms with Gasteiger partial charge in [0, 0.05) is 12.8 Å². The van der Waals surface area contributed by atoms with Crippen LogP contribution in [-0.4, -0.2) is 16.5 Å². The Balaban J connectivity index is 3.61. The Morgan fingerprint density at radius 1 is 0.655 bits per heavy atom. The summed E-state index contributed by atoms with van der Waals surface area (Å²) >= 11 is 0. The van der Waals surface area contributed by atoms with Crippen molar-refractivity contribution in [3.8, 4) is 0 Å². The molecular formula is C27H42O2. The van der Waals surface area contributed by atoms with Crippen molar-refractivity contribution < 1.29 is 9.90 Å². The Bertz CT molecular complexity index is 566. The second-order valence-corrected chi connectivity index (χ2v) is 7.80. The Hall–Kier alpha value is -1.93. The van der Waals surface area contributed by atoms with Crippen LogP contribution in [0.2, 0.25) is 0 Å². The molecule has 0 aliphatic rings. The van der Waals surface area contributed by atoms with Crippen molar-refractivity contribution in [2.24, 2.45) is 0 Å². The zero-order valence-corrected chi connectivity index (χ0v) is 18.9. The minimum absolute atomic E-state index is 0.228. The van der Waals surface area contributed by atoms with E-state index in [1.165, 1.54) is 0 Å². The maximum absolute atomic E-state index is 11.7. The molecule has 0 rings (SSSR count). The van der Waals surface area contributed by atoms with Crippen LogP contribution in [0.5, 0.6) is 0 Å². The normalized spacial score (nSPS) is 13.5. The summed E-state index contributed by atoms with van der Waals surface area (Å²) in [5.74, 6) is 0.228. The minimum atomic E-state index is -0.746. The number of Topliss-reactive ketones (excluding diaryl/α,β-unsaturated/α-hetero) is 1.